The Morgan fingerprint density at radius 1 is 1.09 bits per heavy atom. The number of ether oxygens (including phenoxy) is 1. The van der Waals surface area contributed by atoms with E-state index in [1.165, 1.54) is 12.5 Å². The molecule has 1 atom stereocenters. The van der Waals surface area contributed by atoms with E-state index in [1.807, 2.05) is 31.2 Å². The third kappa shape index (κ3) is 5.60. The van der Waals surface area contributed by atoms with E-state index in [1.54, 1.807) is 28.0 Å². The number of sulfone groups is 1. The van der Waals surface area contributed by atoms with Crippen LogP contribution >= 0.6 is 0 Å². The molecule has 2 aliphatic rings. The summed E-state index contributed by atoms with van der Waals surface area (Å²) in [6.45, 7) is 6.02. The van der Waals surface area contributed by atoms with Gasteiger partial charge in [0, 0.05) is 38.7 Å². The summed E-state index contributed by atoms with van der Waals surface area (Å²) >= 11 is 0. The van der Waals surface area contributed by atoms with Crippen molar-refractivity contribution in [2.24, 2.45) is 5.92 Å². The van der Waals surface area contributed by atoms with E-state index in [-0.39, 0.29) is 28.9 Å². The first kappa shape index (κ1) is 24.3. The molecule has 0 bridgehead atoms. The number of hydrogen-bond donors (Lipinski definition) is 0. The summed E-state index contributed by atoms with van der Waals surface area (Å²) in [5.74, 6) is 0.841. The zero-order valence-electron chi connectivity index (χ0n) is 19.8. The lowest BCUT2D eigenvalue weighted by molar-refractivity contribution is -0.129. The number of carbonyl (C=O) groups is 2. The molecule has 1 saturated heterocycles. The molecule has 182 valence electrons. The molecule has 2 aromatic carbocycles. The highest BCUT2D eigenvalue weighted by atomic mass is 32.2. The van der Waals surface area contributed by atoms with Crippen LogP contribution in [-0.4, -0.2) is 57.1 Å². The van der Waals surface area contributed by atoms with E-state index < -0.39 is 9.84 Å². The van der Waals surface area contributed by atoms with Gasteiger partial charge in [-0.05, 0) is 68.0 Å². The third-order valence-electron chi connectivity index (χ3n) is 6.72. The zero-order valence-corrected chi connectivity index (χ0v) is 20.6. The summed E-state index contributed by atoms with van der Waals surface area (Å²) < 4.78 is 31.5. The highest BCUT2D eigenvalue weighted by Gasteiger charge is 2.28. The number of fused-ring (bicyclic) bond motifs is 1. The predicted molar refractivity (Wildman–Crippen MR) is 131 cm³/mol. The van der Waals surface area contributed by atoms with Crippen molar-refractivity contribution in [1.29, 1.82) is 0 Å². The number of hydrogen-bond acceptors (Lipinski definition) is 5. The van der Waals surface area contributed by atoms with Crippen molar-refractivity contribution in [2.75, 3.05) is 36.9 Å². The summed E-state index contributed by atoms with van der Waals surface area (Å²) in [5.41, 5.74) is 2.82. The molecule has 0 aromatic heterocycles. The average Bonchev–Trinajstić information content (AvgIpc) is 3.46. The molecule has 2 aromatic rings. The number of rotatable bonds is 8. The van der Waals surface area contributed by atoms with E-state index in [9.17, 15) is 18.0 Å². The fraction of sp³-hybridized carbons (Fsp3) is 0.462. The Morgan fingerprint density at radius 2 is 1.85 bits per heavy atom. The molecular weight excluding hydrogens is 452 g/mol. The molecule has 7 nitrogen and oxygen atoms in total. The quantitative estimate of drug-likeness (QED) is 0.574. The molecule has 34 heavy (non-hydrogen) atoms. The molecule has 0 saturated carbocycles. The Balaban J connectivity index is 1.25. The van der Waals surface area contributed by atoms with Gasteiger partial charge in [0.1, 0.15) is 5.75 Å². The van der Waals surface area contributed by atoms with Crippen molar-refractivity contribution in [2.45, 2.75) is 44.4 Å². The lowest BCUT2D eigenvalue weighted by Crippen LogP contribution is -2.30. The predicted octanol–water partition coefficient (Wildman–Crippen LogP) is 3.39. The molecule has 2 heterocycles. The van der Waals surface area contributed by atoms with Crippen LogP contribution < -0.4 is 9.64 Å². The molecule has 0 aliphatic carbocycles. The van der Waals surface area contributed by atoms with Crippen molar-refractivity contribution < 1.29 is 22.7 Å². The van der Waals surface area contributed by atoms with Gasteiger partial charge in [-0.1, -0.05) is 17.7 Å². The second-order valence-corrected chi connectivity index (χ2v) is 11.3. The number of anilines is 1. The smallest absolute Gasteiger partial charge is 0.223 e. The SMILES string of the molecule is CC(=O)N1CCc2cc(S(=O)(=O)CCC(=O)N3CCC(CCOc4ccc(C)cc4)C3)ccc21. The van der Waals surface area contributed by atoms with Gasteiger partial charge in [-0.2, -0.15) is 0 Å². The molecule has 0 radical (unpaired) electrons. The van der Waals surface area contributed by atoms with E-state index in [2.05, 4.69) is 0 Å². The van der Waals surface area contributed by atoms with Gasteiger partial charge >= 0.3 is 0 Å². The van der Waals surface area contributed by atoms with Crippen molar-refractivity contribution >= 4 is 27.3 Å². The van der Waals surface area contributed by atoms with E-state index in [0.717, 1.165) is 29.8 Å². The van der Waals surface area contributed by atoms with E-state index >= 15 is 0 Å². The number of aryl methyl sites for hydroxylation is 1. The average molecular weight is 485 g/mol. The van der Waals surface area contributed by atoms with Gasteiger partial charge in [0.2, 0.25) is 11.8 Å². The Kier molecular flexibility index (Phi) is 7.26. The summed E-state index contributed by atoms with van der Waals surface area (Å²) in [7, 11) is -3.58. The fourth-order valence-corrected chi connectivity index (χ4v) is 5.95. The van der Waals surface area contributed by atoms with Gasteiger partial charge in [0.15, 0.2) is 9.84 Å². The van der Waals surface area contributed by atoms with Crippen molar-refractivity contribution in [3.63, 3.8) is 0 Å². The van der Waals surface area contributed by atoms with Crippen LogP contribution in [0.3, 0.4) is 0 Å². The van der Waals surface area contributed by atoms with Crippen LogP contribution in [0.25, 0.3) is 0 Å². The van der Waals surface area contributed by atoms with Gasteiger partial charge in [-0.25, -0.2) is 8.42 Å². The minimum absolute atomic E-state index is 0.0222. The number of benzene rings is 2. The number of carbonyl (C=O) groups excluding carboxylic acids is 2. The van der Waals surface area contributed by atoms with Crippen LogP contribution in [-0.2, 0) is 25.8 Å². The first-order valence-electron chi connectivity index (χ1n) is 11.8. The Hall–Kier alpha value is -2.87. The Bertz CT molecular complexity index is 1160. The minimum atomic E-state index is -3.58. The minimum Gasteiger partial charge on any atom is -0.494 e. The Morgan fingerprint density at radius 3 is 2.59 bits per heavy atom. The largest absolute Gasteiger partial charge is 0.494 e. The van der Waals surface area contributed by atoms with Gasteiger partial charge < -0.3 is 14.5 Å². The molecule has 0 spiro atoms. The lowest BCUT2D eigenvalue weighted by atomic mass is 10.1. The van der Waals surface area contributed by atoms with Crippen LogP contribution in [0.4, 0.5) is 5.69 Å². The molecule has 1 unspecified atom stereocenters. The first-order chi connectivity index (χ1) is 16.2. The summed E-state index contributed by atoms with van der Waals surface area (Å²) in [6, 6.07) is 12.8. The molecule has 8 heteroatoms. The lowest BCUT2D eigenvalue weighted by Gasteiger charge is -2.17. The summed E-state index contributed by atoms with van der Waals surface area (Å²) in [6.07, 6.45) is 2.39. The molecule has 2 aliphatic heterocycles. The van der Waals surface area contributed by atoms with E-state index in [4.69, 9.17) is 4.74 Å². The van der Waals surface area contributed by atoms with Crippen molar-refractivity contribution in [3.8, 4) is 5.75 Å². The molecule has 1 fully saturated rings. The summed E-state index contributed by atoms with van der Waals surface area (Å²) in [4.78, 5) is 28.1. The van der Waals surface area contributed by atoms with Crippen LogP contribution in [0.15, 0.2) is 47.4 Å². The first-order valence-corrected chi connectivity index (χ1v) is 13.5. The highest BCUT2D eigenvalue weighted by Crippen LogP contribution is 2.31. The van der Waals surface area contributed by atoms with Crippen LogP contribution in [0.5, 0.6) is 5.75 Å². The zero-order chi connectivity index (χ0) is 24.3. The van der Waals surface area contributed by atoms with Crippen LogP contribution in [0.2, 0.25) is 0 Å². The summed E-state index contributed by atoms with van der Waals surface area (Å²) in [5, 5.41) is 0. The fourth-order valence-electron chi connectivity index (χ4n) is 4.67. The number of amides is 2. The van der Waals surface area contributed by atoms with Crippen LogP contribution in [0.1, 0.15) is 37.3 Å². The van der Waals surface area contributed by atoms with Crippen molar-refractivity contribution in [3.05, 3.63) is 53.6 Å². The van der Waals surface area contributed by atoms with Gasteiger partial charge in [0.05, 0.1) is 17.3 Å². The number of likely N-dealkylation sites (tertiary alicyclic amines) is 1. The second-order valence-electron chi connectivity index (χ2n) is 9.22. The number of nitrogens with zero attached hydrogens (tertiary/aromatic N) is 2. The normalized spacial score (nSPS) is 17.6. The molecule has 2 amide bonds. The van der Waals surface area contributed by atoms with Gasteiger partial charge in [-0.15, -0.1) is 0 Å². The monoisotopic (exact) mass is 484 g/mol. The maximum atomic E-state index is 12.9. The maximum Gasteiger partial charge on any atom is 0.223 e. The highest BCUT2D eigenvalue weighted by molar-refractivity contribution is 7.91. The standard InChI is InChI=1S/C26H32N2O5S/c1-19-3-5-23(6-4-19)33-15-11-21-9-13-27(18-21)26(30)12-16-34(31,32)24-7-8-25-22(17-24)10-14-28(25)20(2)29/h3-8,17,21H,9-16,18H2,1-2H3. The molecule has 4 rings (SSSR count). The maximum absolute atomic E-state index is 12.9. The van der Waals surface area contributed by atoms with Gasteiger partial charge in [0.25, 0.3) is 0 Å². The topological polar surface area (TPSA) is 84.0 Å². The molecular formula is C26H32N2O5S. The van der Waals surface area contributed by atoms with E-state index in [0.29, 0.717) is 38.6 Å². The Labute approximate surface area is 201 Å². The molecule has 0 N–H and O–H groups in total. The second kappa shape index (κ2) is 10.2. The van der Waals surface area contributed by atoms with Gasteiger partial charge in [-0.3, -0.25) is 9.59 Å². The van der Waals surface area contributed by atoms with Crippen molar-refractivity contribution in [1.82, 2.24) is 4.90 Å². The third-order valence-corrected chi connectivity index (χ3v) is 8.44. The van der Waals surface area contributed by atoms with Crippen LogP contribution in [0, 0.1) is 12.8 Å².